The van der Waals surface area contributed by atoms with E-state index in [0.717, 1.165) is 6.20 Å². The van der Waals surface area contributed by atoms with Crippen molar-refractivity contribution >= 4 is 11.5 Å². The van der Waals surface area contributed by atoms with Crippen LogP contribution in [0.5, 0.6) is 0 Å². The highest BCUT2D eigenvalue weighted by molar-refractivity contribution is 5.53. The second-order valence-corrected chi connectivity index (χ2v) is 3.43. The van der Waals surface area contributed by atoms with Gasteiger partial charge >= 0.3 is 11.4 Å². The predicted octanol–water partition coefficient (Wildman–Crippen LogP) is 0.489. The van der Waals surface area contributed by atoms with Gasteiger partial charge in [0.15, 0.2) is 12.1 Å². The topological polar surface area (TPSA) is 119 Å². The van der Waals surface area contributed by atoms with Crippen molar-refractivity contribution < 1.29 is 14.4 Å². The zero-order valence-corrected chi connectivity index (χ0v) is 10.7. The number of anilines is 1. The molecule has 1 rings (SSSR count). The minimum Gasteiger partial charge on any atom is -0.361 e. The van der Waals surface area contributed by atoms with Crippen molar-refractivity contribution in [1.29, 1.82) is 0 Å². The number of nitrogens with one attached hydrogen (secondary N) is 2. The average molecular weight is 272 g/mol. The zero-order chi connectivity index (χ0) is 14.3. The zero-order valence-electron chi connectivity index (χ0n) is 10.7. The molecule has 0 radical (unpaired) electrons. The third kappa shape index (κ3) is 4.64. The van der Waals surface area contributed by atoms with Gasteiger partial charge in [0.25, 0.3) is 0 Å². The van der Waals surface area contributed by atoms with Gasteiger partial charge in [0.05, 0.1) is 11.5 Å². The van der Waals surface area contributed by atoms with E-state index in [1.807, 2.05) is 13.8 Å². The summed E-state index contributed by atoms with van der Waals surface area (Å²) in [5, 5.41) is 13.5. The molecule has 0 amide bonds. The van der Waals surface area contributed by atoms with Crippen molar-refractivity contribution in [1.82, 2.24) is 9.97 Å². The normalized spacial score (nSPS) is 10.7. The van der Waals surface area contributed by atoms with E-state index in [0.29, 0.717) is 13.2 Å². The van der Waals surface area contributed by atoms with Gasteiger partial charge in [-0.3, -0.25) is 15.1 Å². The maximum absolute atomic E-state index is 11.1. The Hall–Kier alpha value is -2.00. The maximum Gasteiger partial charge on any atom is 0.346 e. The fraction of sp³-hybridized carbons (Fsp3) is 0.600. The Morgan fingerprint density at radius 3 is 2.63 bits per heavy atom. The van der Waals surface area contributed by atoms with Crippen LogP contribution in [0.1, 0.15) is 13.8 Å². The molecule has 9 heteroatoms. The van der Waals surface area contributed by atoms with Crippen molar-refractivity contribution in [2.75, 3.05) is 25.1 Å². The van der Waals surface area contributed by atoms with Crippen LogP contribution in [-0.4, -0.2) is 40.9 Å². The molecule has 0 aromatic carbocycles. The fourth-order valence-corrected chi connectivity index (χ4v) is 1.38. The van der Waals surface area contributed by atoms with Gasteiger partial charge in [-0.15, -0.1) is 0 Å². The van der Waals surface area contributed by atoms with Crippen LogP contribution in [0, 0.1) is 10.1 Å². The smallest absolute Gasteiger partial charge is 0.346 e. The monoisotopic (exact) mass is 272 g/mol. The fourth-order valence-electron chi connectivity index (χ4n) is 1.38. The molecule has 1 heterocycles. The molecule has 0 saturated carbocycles. The van der Waals surface area contributed by atoms with Gasteiger partial charge in [0.2, 0.25) is 0 Å². The van der Waals surface area contributed by atoms with Crippen LogP contribution >= 0.6 is 0 Å². The first-order chi connectivity index (χ1) is 9.08. The first kappa shape index (κ1) is 15.1. The second-order valence-electron chi connectivity index (χ2n) is 3.43. The first-order valence-corrected chi connectivity index (χ1v) is 5.79. The quantitative estimate of drug-likeness (QED) is 0.401. The lowest BCUT2D eigenvalue weighted by atomic mass is 10.4. The highest BCUT2D eigenvalue weighted by atomic mass is 16.7. The Morgan fingerprint density at radius 2 is 2.11 bits per heavy atom. The SMILES string of the molecule is CCOC(CNc1[nH]c(=O)ncc1[N+](=O)[O-])OCC. The number of nitrogens with zero attached hydrogens (tertiary/aromatic N) is 2. The summed E-state index contributed by atoms with van der Waals surface area (Å²) in [6.45, 7) is 4.68. The molecule has 106 valence electrons. The van der Waals surface area contributed by atoms with Gasteiger partial charge in [0, 0.05) is 13.2 Å². The molecule has 0 bridgehead atoms. The van der Waals surface area contributed by atoms with E-state index in [9.17, 15) is 14.9 Å². The Kier molecular flexibility index (Phi) is 5.90. The van der Waals surface area contributed by atoms with E-state index >= 15 is 0 Å². The third-order valence-electron chi connectivity index (χ3n) is 2.14. The number of aromatic nitrogens is 2. The molecule has 1 aromatic rings. The van der Waals surface area contributed by atoms with E-state index in [-0.39, 0.29) is 18.1 Å². The number of aromatic amines is 1. The lowest BCUT2D eigenvalue weighted by Gasteiger charge is -2.17. The van der Waals surface area contributed by atoms with E-state index in [1.165, 1.54) is 0 Å². The summed E-state index contributed by atoms with van der Waals surface area (Å²) < 4.78 is 10.5. The number of hydrogen-bond donors (Lipinski definition) is 2. The summed E-state index contributed by atoms with van der Waals surface area (Å²) in [4.78, 5) is 26.8. The van der Waals surface area contributed by atoms with Crippen LogP contribution in [0.15, 0.2) is 11.0 Å². The number of nitro groups is 1. The van der Waals surface area contributed by atoms with Gasteiger partial charge in [-0.2, -0.15) is 4.98 Å². The highest BCUT2D eigenvalue weighted by Crippen LogP contribution is 2.17. The van der Waals surface area contributed by atoms with E-state index in [1.54, 1.807) is 0 Å². The van der Waals surface area contributed by atoms with Crippen molar-refractivity contribution in [2.24, 2.45) is 0 Å². The molecule has 0 aliphatic carbocycles. The molecular weight excluding hydrogens is 256 g/mol. The van der Waals surface area contributed by atoms with Crippen molar-refractivity contribution in [3.8, 4) is 0 Å². The van der Waals surface area contributed by atoms with Gasteiger partial charge in [-0.1, -0.05) is 0 Å². The molecule has 0 fully saturated rings. The molecule has 0 spiro atoms. The van der Waals surface area contributed by atoms with Gasteiger partial charge in [0.1, 0.15) is 6.20 Å². The Balaban J connectivity index is 2.77. The number of hydrogen-bond acceptors (Lipinski definition) is 7. The molecule has 0 saturated heterocycles. The van der Waals surface area contributed by atoms with E-state index in [4.69, 9.17) is 9.47 Å². The summed E-state index contributed by atoms with van der Waals surface area (Å²) in [6, 6.07) is 0. The van der Waals surface area contributed by atoms with Crippen molar-refractivity contribution in [3.05, 3.63) is 26.8 Å². The summed E-state index contributed by atoms with van der Waals surface area (Å²) in [5.41, 5.74) is -0.983. The molecule has 0 atom stereocenters. The maximum atomic E-state index is 11.1. The van der Waals surface area contributed by atoms with Crippen LogP contribution < -0.4 is 11.0 Å². The largest absolute Gasteiger partial charge is 0.361 e. The van der Waals surface area contributed by atoms with Crippen LogP contribution in [-0.2, 0) is 9.47 Å². The van der Waals surface area contributed by atoms with Gasteiger partial charge < -0.3 is 14.8 Å². The number of rotatable bonds is 8. The van der Waals surface area contributed by atoms with Gasteiger partial charge in [-0.25, -0.2) is 4.79 Å². The summed E-state index contributed by atoms with van der Waals surface area (Å²) in [6.07, 6.45) is 0.351. The number of H-pyrrole nitrogens is 1. The van der Waals surface area contributed by atoms with Crippen LogP contribution in [0.4, 0.5) is 11.5 Å². The summed E-state index contributed by atoms with van der Waals surface area (Å²) in [7, 11) is 0. The van der Waals surface area contributed by atoms with Gasteiger partial charge in [-0.05, 0) is 13.8 Å². The predicted molar refractivity (Wildman–Crippen MR) is 67.0 cm³/mol. The first-order valence-electron chi connectivity index (χ1n) is 5.79. The number of ether oxygens (including phenoxy) is 2. The van der Waals surface area contributed by atoms with Crippen molar-refractivity contribution in [3.63, 3.8) is 0 Å². The van der Waals surface area contributed by atoms with E-state index < -0.39 is 16.9 Å². The standard InChI is InChI=1S/C10H16N4O5/c1-3-18-8(19-4-2)6-11-9-7(14(16)17)5-12-10(15)13-9/h5,8H,3-4,6H2,1-2H3,(H2,11,12,13,15). The lowest BCUT2D eigenvalue weighted by Crippen LogP contribution is -2.28. The minimum absolute atomic E-state index is 0.0191. The lowest BCUT2D eigenvalue weighted by molar-refractivity contribution is -0.384. The Labute approximate surface area is 109 Å². The molecule has 19 heavy (non-hydrogen) atoms. The molecule has 0 aliphatic heterocycles. The molecule has 0 aliphatic rings. The molecule has 9 nitrogen and oxygen atoms in total. The molecular formula is C10H16N4O5. The average Bonchev–Trinajstić information content (AvgIpc) is 2.36. The Bertz CT molecular complexity index is 469. The molecule has 2 N–H and O–H groups in total. The minimum atomic E-state index is -0.669. The third-order valence-corrected chi connectivity index (χ3v) is 2.14. The van der Waals surface area contributed by atoms with Crippen LogP contribution in [0.25, 0.3) is 0 Å². The van der Waals surface area contributed by atoms with E-state index in [2.05, 4.69) is 15.3 Å². The van der Waals surface area contributed by atoms with Crippen LogP contribution in [0.3, 0.4) is 0 Å². The molecule has 0 unspecified atom stereocenters. The summed E-state index contributed by atoms with van der Waals surface area (Å²) in [5.74, 6) is -0.0191. The second kappa shape index (κ2) is 7.44. The molecule has 1 aromatic heterocycles. The van der Waals surface area contributed by atoms with Crippen molar-refractivity contribution in [2.45, 2.75) is 20.1 Å². The Morgan fingerprint density at radius 1 is 1.47 bits per heavy atom. The highest BCUT2D eigenvalue weighted by Gasteiger charge is 2.17. The summed E-state index contributed by atoms with van der Waals surface area (Å²) >= 11 is 0. The van der Waals surface area contributed by atoms with Crippen LogP contribution in [0.2, 0.25) is 0 Å².